The van der Waals surface area contributed by atoms with E-state index < -0.39 is 0 Å². The summed E-state index contributed by atoms with van der Waals surface area (Å²) < 4.78 is 0. The van der Waals surface area contributed by atoms with Gasteiger partial charge < -0.3 is 0 Å². The number of amides is 4. The molecule has 7 aromatic rings. The van der Waals surface area contributed by atoms with E-state index in [0.29, 0.717) is 44.4 Å². The lowest BCUT2D eigenvalue weighted by Crippen LogP contribution is -2.41. The van der Waals surface area contributed by atoms with Gasteiger partial charge in [-0.1, -0.05) is 152 Å². The van der Waals surface area contributed by atoms with Crippen LogP contribution in [-0.2, 0) is 0 Å². The Kier molecular flexibility index (Phi) is 9.43. The predicted molar refractivity (Wildman–Crippen MR) is 283 cm³/mol. The van der Waals surface area contributed by atoms with Crippen LogP contribution in [0, 0.1) is 13.8 Å². The molecule has 0 fully saturated rings. The molecule has 4 amide bonds. The summed E-state index contributed by atoms with van der Waals surface area (Å²) >= 11 is 0. The molecule has 6 aliphatic rings. The number of allylic oxidation sites excluding steroid dienone is 16. The van der Waals surface area contributed by atoms with Crippen LogP contribution < -0.4 is 9.80 Å². The summed E-state index contributed by atoms with van der Waals surface area (Å²) in [5.41, 5.74) is 15.8. The molecule has 0 atom stereocenters. The van der Waals surface area contributed by atoms with E-state index >= 15 is 0 Å². The van der Waals surface area contributed by atoms with Crippen LogP contribution in [0.25, 0.3) is 60.5 Å². The van der Waals surface area contributed by atoms with Crippen LogP contribution in [0.4, 0.5) is 11.4 Å². The molecule has 0 spiro atoms. The molecule has 13 rings (SSSR count). The van der Waals surface area contributed by atoms with Gasteiger partial charge in [-0.3, -0.25) is 19.2 Å². The highest BCUT2D eigenvalue weighted by Gasteiger charge is 2.39. The number of anilines is 2. The quantitative estimate of drug-likeness (QED) is 0.142. The minimum atomic E-state index is -0.345. The van der Waals surface area contributed by atoms with E-state index in [-0.39, 0.29) is 29.5 Å². The predicted octanol–water partition coefficient (Wildman–Crippen LogP) is 14.8. The number of carbonyl (C=O) groups is 4. The third kappa shape index (κ3) is 6.26. The van der Waals surface area contributed by atoms with Gasteiger partial charge >= 0.3 is 0 Å². The number of aryl methyl sites for hydroxylation is 2. The van der Waals surface area contributed by atoms with Crippen molar-refractivity contribution in [2.24, 2.45) is 0 Å². The molecule has 6 nitrogen and oxygen atoms in total. The number of hydrogen-bond acceptors (Lipinski definition) is 4. The summed E-state index contributed by atoms with van der Waals surface area (Å²) in [6.07, 6.45) is 29.3. The Balaban J connectivity index is 0.873. The maximum absolute atomic E-state index is 14.9. The average Bonchev–Trinajstić information content (AvgIpc) is 4.25. The van der Waals surface area contributed by atoms with Crippen LogP contribution in [0.5, 0.6) is 0 Å². The SMILES string of the molecule is Cc1cc2c3c(cccc3c1-c1ccc(-c3c(C)cc4c5c(cccc35)C(=O)N(c3cc(C5=CC=CC5)ccc3C3C=CC=C3)C4=O)cc1)C(=O)N(c1cc(C3=CC=CC3)ccc1C1=CCC=C1)C2=O. The number of imide groups is 2. The van der Waals surface area contributed by atoms with Gasteiger partial charge in [-0.15, -0.1) is 0 Å². The van der Waals surface area contributed by atoms with Crippen LogP contribution in [0.3, 0.4) is 0 Å². The Labute approximate surface area is 405 Å². The van der Waals surface area contributed by atoms with E-state index in [0.717, 1.165) is 102 Å². The first-order chi connectivity index (χ1) is 34.2. The Morgan fingerprint density at radius 2 is 0.971 bits per heavy atom. The smallest absolute Gasteiger partial charge is 0.266 e. The molecule has 0 bridgehead atoms. The molecule has 2 heterocycles. The molecule has 334 valence electrons. The molecule has 0 aromatic heterocycles. The molecule has 0 N–H and O–H groups in total. The van der Waals surface area contributed by atoms with E-state index in [4.69, 9.17) is 0 Å². The number of nitrogens with zero attached hydrogens (tertiary/aromatic N) is 2. The van der Waals surface area contributed by atoms with Gasteiger partial charge in [0.05, 0.1) is 11.4 Å². The highest BCUT2D eigenvalue weighted by atomic mass is 16.2. The molecule has 2 aliphatic heterocycles. The summed E-state index contributed by atoms with van der Waals surface area (Å²) in [5, 5.41) is 2.99. The lowest BCUT2D eigenvalue weighted by Gasteiger charge is -2.31. The third-order valence-corrected chi connectivity index (χ3v) is 14.9. The second-order valence-electron chi connectivity index (χ2n) is 18.9. The molecule has 0 saturated carbocycles. The first-order valence-electron chi connectivity index (χ1n) is 24.0. The van der Waals surface area contributed by atoms with Gasteiger partial charge in [0, 0.05) is 44.5 Å². The van der Waals surface area contributed by atoms with E-state index in [1.165, 1.54) is 9.80 Å². The van der Waals surface area contributed by atoms with E-state index in [1.54, 1.807) is 0 Å². The average molecular weight is 905 g/mol. The van der Waals surface area contributed by atoms with E-state index in [1.807, 2.05) is 105 Å². The van der Waals surface area contributed by atoms with Gasteiger partial charge in [0.15, 0.2) is 0 Å². The lowest BCUT2D eigenvalue weighted by molar-refractivity contribution is 0.0877. The van der Waals surface area contributed by atoms with Crippen LogP contribution >= 0.6 is 0 Å². The Bertz CT molecular complexity index is 3830. The van der Waals surface area contributed by atoms with Gasteiger partial charge in [-0.05, 0) is 147 Å². The standard InChI is InChI=1S/C64H44N2O4/c1-37-33-53-59-49(21-11-23-51(59)61(67)65(63(53)69)55-35-45(39-13-3-4-14-39)29-31-47(55)41-17-7-8-18-41)57(37)43-25-27-44(28-26-43)58-38(2)34-54-60-50(58)22-12-24-52(60)62(68)66(64(54)70)56-36-46(40-15-5-6-16-40)30-32-48(56)42-19-9-10-20-42/h3-9,11-13,15,17-36,41H,10,14,16H2,1-2H3. The Morgan fingerprint density at radius 1 is 0.471 bits per heavy atom. The largest absolute Gasteiger partial charge is 0.268 e. The summed E-state index contributed by atoms with van der Waals surface area (Å²) in [5.74, 6) is -1.42. The van der Waals surface area contributed by atoms with Gasteiger partial charge in [0.2, 0.25) is 0 Å². The van der Waals surface area contributed by atoms with Gasteiger partial charge in [-0.2, -0.15) is 0 Å². The van der Waals surface area contributed by atoms with Crippen molar-refractivity contribution in [1.29, 1.82) is 0 Å². The monoisotopic (exact) mass is 904 g/mol. The molecule has 70 heavy (non-hydrogen) atoms. The normalized spacial score (nSPS) is 16.8. The topological polar surface area (TPSA) is 74.8 Å². The summed E-state index contributed by atoms with van der Waals surface area (Å²) in [7, 11) is 0. The molecule has 0 unspecified atom stereocenters. The maximum Gasteiger partial charge on any atom is 0.266 e. The van der Waals surface area contributed by atoms with Crippen molar-refractivity contribution in [2.45, 2.75) is 39.0 Å². The van der Waals surface area contributed by atoms with Crippen molar-refractivity contribution in [3.63, 3.8) is 0 Å². The summed E-state index contributed by atoms with van der Waals surface area (Å²) in [4.78, 5) is 62.2. The molecule has 6 heteroatoms. The number of carbonyl (C=O) groups excluding carboxylic acids is 4. The Hall–Kier alpha value is -8.74. The molecule has 0 radical (unpaired) electrons. The zero-order chi connectivity index (χ0) is 47.4. The first-order valence-corrected chi connectivity index (χ1v) is 24.0. The van der Waals surface area contributed by atoms with E-state index in [9.17, 15) is 19.2 Å². The zero-order valence-corrected chi connectivity index (χ0v) is 38.6. The van der Waals surface area contributed by atoms with Crippen molar-refractivity contribution in [2.75, 3.05) is 9.80 Å². The van der Waals surface area contributed by atoms with Crippen LogP contribution in [0.15, 0.2) is 188 Å². The van der Waals surface area contributed by atoms with Crippen molar-refractivity contribution in [3.05, 3.63) is 244 Å². The zero-order valence-electron chi connectivity index (χ0n) is 38.6. The molecular formula is C64H44N2O4. The lowest BCUT2D eigenvalue weighted by atomic mass is 9.84. The first kappa shape index (κ1) is 41.4. The number of benzene rings is 7. The van der Waals surface area contributed by atoms with Crippen LogP contribution in [-0.4, -0.2) is 23.6 Å². The van der Waals surface area contributed by atoms with Crippen molar-refractivity contribution < 1.29 is 19.2 Å². The molecule has 0 saturated heterocycles. The fourth-order valence-corrected chi connectivity index (χ4v) is 11.6. The molecule has 7 aromatic carbocycles. The summed E-state index contributed by atoms with van der Waals surface area (Å²) in [6, 6.07) is 36.0. The van der Waals surface area contributed by atoms with Gasteiger partial charge in [0.1, 0.15) is 0 Å². The molecule has 4 aliphatic carbocycles. The third-order valence-electron chi connectivity index (χ3n) is 14.9. The van der Waals surface area contributed by atoms with E-state index in [2.05, 4.69) is 97.1 Å². The van der Waals surface area contributed by atoms with Crippen molar-refractivity contribution >= 4 is 73.3 Å². The molecular weight excluding hydrogens is 861 g/mol. The van der Waals surface area contributed by atoms with Crippen LogP contribution in [0.1, 0.15) is 100.0 Å². The second kappa shape index (κ2) is 15.9. The number of rotatable bonds is 8. The minimum Gasteiger partial charge on any atom is -0.268 e. The minimum absolute atomic E-state index is 0.0601. The van der Waals surface area contributed by atoms with Crippen LogP contribution in [0.2, 0.25) is 0 Å². The maximum atomic E-state index is 14.9. The fourth-order valence-electron chi connectivity index (χ4n) is 11.6. The van der Waals surface area contributed by atoms with Crippen molar-refractivity contribution in [1.82, 2.24) is 0 Å². The van der Waals surface area contributed by atoms with Gasteiger partial charge in [0.25, 0.3) is 23.6 Å². The van der Waals surface area contributed by atoms with Crippen molar-refractivity contribution in [3.8, 4) is 22.3 Å². The summed E-state index contributed by atoms with van der Waals surface area (Å²) in [6.45, 7) is 4.05. The highest BCUT2D eigenvalue weighted by Crippen LogP contribution is 2.46. The highest BCUT2D eigenvalue weighted by molar-refractivity contribution is 6.38. The van der Waals surface area contributed by atoms with Gasteiger partial charge in [-0.25, -0.2) is 9.80 Å². The fraction of sp³-hybridized carbons (Fsp3) is 0.0938. The number of hydrogen-bond donors (Lipinski definition) is 0. The Morgan fingerprint density at radius 3 is 1.49 bits per heavy atom. The second-order valence-corrected chi connectivity index (χ2v) is 18.9.